The zero-order valence-electron chi connectivity index (χ0n) is 10.7. The van der Waals surface area contributed by atoms with Crippen LogP contribution in [0, 0.1) is 0 Å². The first-order valence-electron chi connectivity index (χ1n) is 6.28. The second kappa shape index (κ2) is 6.49. The number of aliphatic hydroxyl groups is 1. The summed E-state index contributed by atoms with van der Waals surface area (Å²) in [5, 5.41) is 9.00. The molecule has 1 saturated heterocycles. The van der Waals surface area contributed by atoms with Crippen molar-refractivity contribution < 1.29 is 18.3 Å². The van der Waals surface area contributed by atoms with Gasteiger partial charge < -0.3 is 15.7 Å². The highest BCUT2D eigenvalue weighted by Gasteiger charge is 2.35. The van der Waals surface area contributed by atoms with Crippen molar-refractivity contribution in [1.82, 2.24) is 4.90 Å². The summed E-state index contributed by atoms with van der Waals surface area (Å²) in [6.45, 7) is 1.90. The molecule has 0 bridgehead atoms. The van der Waals surface area contributed by atoms with Gasteiger partial charge in [-0.3, -0.25) is 4.79 Å². The average molecular weight is 278 g/mol. The van der Waals surface area contributed by atoms with E-state index in [1.54, 1.807) is 0 Å². The van der Waals surface area contributed by atoms with Gasteiger partial charge in [-0.2, -0.15) is 0 Å². The standard InChI is InChI=1S/C11H22N2O4S/c1-2-3-10(12)11(15)13(5-6-14)9-4-7-18(16,17)8-9/h9-10,14H,2-8,12H2,1H3. The summed E-state index contributed by atoms with van der Waals surface area (Å²) >= 11 is 0. The molecule has 1 aliphatic rings. The smallest absolute Gasteiger partial charge is 0.239 e. The Morgan fingerprint density at radius 2 is 2.22 bits per heavy atom. The lowest BCUT2D eigenvalue weighted by Crippen LogP contribution is -2.50. The van der Waals surface area contributed by atoms with Crippen LogP contribution in [0.2, 0.25) is 0 Å². The van der Waals surface area contributed by atoms with Crippen molar-refractivity contribution in [2.75, 3.05) is 24.7 Å². The molecule has 1 rings (SSSR count). The van der Waals surface area contributed by atoms with E-state index < -0.39 is 15.9 Å². The Kier molecular flexibility index (Phi) is 5.55. The molecule has 0 aromatic heterocycles. The Hall–Kier alpha value is -0.660. The van der Waals surface area contributed by atoms with Gasteiger partial charge in [-0.1, -0.05) is 13.3 Å². The average Bonchev–Trinajstić information content (AvgIpc) is 2.66. The normalized spacial score (nSPS) is 23.8. The second-order valence-corrected chi connectivity index (χ2v) is 6.94. The number of carbonyl (C=O) groups excluding carboxylic acids is 1. The summed E-state index contributed by atoms with van der Waals surface area (Å²) in [6.07, 6.45) is 1.80. The van der Waals surface area contributed by atoms with Crippen molar-refractivity contribution in [3.8, 4) is 0 Å². The van der Waals surface area contributed by atoms with Gasteiger partial charge in [0.25, 0.3) is 0 Å². The van der Waals surface area contributed by atoms with Crippen LogP contribution in [-0.4, -0.2) is 61.1 Å². The number of rotatable bonds is 6. The number of hydrogen-bond acceptors (Lipinski definition) is 5. The fraction of sp³-hybridized carbons (Fsp3) is 0.909. The molecule has 7 heteroatoms. The third kappa shape index (κ3) is 3.93. The lowest BCUT2D eigenvalue weighted by molar-refractivity contribution is -0.135. The number of aliphatic hydroxyl groups excluding tert-OH is 1. The molecule has 0 radical (unpaired) electrons. The van der Waals surface area contributed by atoms with Crippen LogP contribution in [0.5, 0.6) is 0 Å². The van der Waals surface area contributed by atoms with Crippen LogP contribution in [0.4, 0.5) is 0 Å². The number of hydrogen-bond donors (Lipinski definition) is 2. The maximum absolute atomic E-state index is 12.1. The molecule has 0 spiro atoms. The summed E-state index contributed by atoms with van der Waals surface area (Å²) in [5.41, 5.74) is 5.77. The van der Waals surface area contributed by atoms with E-state index in [0.29, 0.717) is 12.8 Å². The van der Waals surface area contributed by atoms with E-state index in [-0.39, 0.29) is 36.6 Å². The van der Waals surface area contributed by atoms with E-state index in [0.717, 1.165) is 6.42 Å². The van der Waals surface area contributed by atoms with Gasteiger partial charge in [0.15, 0.2) is 9.84 Å². The molecule has 1 amide bonds. The van der Waals surface area contributed by atoms with Gasteiger partial charge in [0.05, 0.1) is 24.2 Å². The van der Waals surface area contributed by atoms with Gasteiger partial charge in [0.1, 0.15) is 0 Å². The van der Waals surface area contributed by atoms with Gasteiger partial charge in [-0.15, -0.1) is 0 Å². The first kappa shape index (κ1) is 15.4. The molecule has 1 heterocycles. The van der Waals surface area contributed by atoms with Gasteiger partial charge in [0, 0.05) is 12.6 Å². The SMILES string of the molecule is CCCC(N)C(=O)N(CCO)C1CCS(=O)(=O)C1. The highest BCUT2D eigenvalue weighted by Crippen LogP contribution is 2.18. The lowest BCUT2D eigenvalue weighted by Gasteiger charge is -2.30. The molecule has 0 aromatic carbocycles. The Morgan fingerprint density at radius 1 is 1.56 bits per heavy atom. The molecule has 1 aliphatic heterocycles. The van der Waals surface area contributed by atoms with Crippen LogP contribution in [0.1, 0.15) is 26.2 Å². The predicted octanol–water partition coefficient (Wildman–Crippen LogP) is -0.878. The zero-order chi connectivity index (χ0) is 13.8. The van der Waals surface area contributed by atoms with Crippen LogP contribution in [0.3, 0.4) is 0 Å². The van der Waals surface area contributed by atoms with Crippen molar-refractivity contribution in [3.05, 3.63) is 0 Å². The quantitative estimate of drug-likeness (QED) is 0.657. The largest absolute Gasteiger partial charge is 0.395 e. The third-order valence-corrected chi connectivity index (χ3v) is 4.94. The molecule has 2 unspecified atom stereocenters. The first-order chi connectivity index (χ1) is 8.41. The summed E-state index contributed by atoms with van der Waals surface area (Å²) < 4.78 is 22.9. The molecule has 3 N–H and O–H groups in total. The summed E-state index contributed by atoms with van der Waals surface area (Å²) in [7, 11) is -3.05. The number of amides is 1. The molecular formula is C11H22N2O4S. The molecule has 6 nitrogen and oxygen atoms in total. The number of nitrogens with zero attached hydrogens (tertiary/aromatic N) is 1. The fourth-order valence-electron chi connectivity index (χ4n) is 2.25. The Labute approximate surface area is 108 Å². The van der Waals surface area contributed by atoms with Crippen LogP contribution in [0.25, 0.3) is 0 Å². The molecular weight excluding hydrogens is 256 g/mol. The molecule has 106 valence electrons. The van der Waals surface area contributed by atoms with E-state index in [9.17, 15) is 13.2 Å². The van der Waals surface area contributed by atoms with Crippen molar-refractivity contribution in [2.45, 2.75) is 38.3 Å². The highest BCUT2D eigenvalue weighted by molar-refractivity contribution is 7.91. The minimum Gasteiger partial charge on any atom is -0.395 e. The number of nitrogens with two attached hydrogens (primary N) is 1. The monoisotopic (exact) mass is 278 g/mol. The van der Waals surface area contributed by atoms with Crippen molar-refractivity contribution >= 4 is 15.7 Å². The van der Waals surface area contributed by atoms with Gasteiger partial charge in [0.2, 0.25) is 5.91 Å². The number of sulfone groups is 1. The molecule has 2 atom stereocenters. The molecule has 18 heavy (non-hydrogen) atoms. The minimum atomic E-state index is -3.05. The van der Waals surface area contributed by atoms with Crippen LogP contribution >= 0.6 is 0 Å². The van der Waals surface area contributed by atoms with E-state index >= 15 is 0 Å². The molecule has 1 fully saturated rings. The van der Waals surface area contributed by atoms with Crippen molar-refractivity contribution in [2.24, 2.45) is 5.73 Å². The lowest BCUT2D eigenvalue weighted by atomic mass is 10.1. The second-order valence-electron chi connectivity index (χ2n) is 4.71. The van der Waals surface area contributed by atoms with Gasteiger partial charge in [-0.25, -0.2) is 8.42 Å². The number of carbonyl (C=O) groups is 1. The van der Waals surface area contributed by atoms with E-state index in [2.05, 4.69) is 0 Å². The summed E-state index contributed by atoms with van der Waals surface area (Å²) in [4.78, 5) is 13.6. The minimum absolute atomic E-state index is 0.0163. The van der Waals surface area contributed by atoms with Crippen molar-refractivity contribution in [1.29, 1.82) is 0 Å². The van der Waals surface area contributed by atoms with E-state index in [4.69, 9.17) is 10.8 Å². The molecule has 0 aliphatic carbocycles. The highest BCUT2D eigenvalue weighted by atomic mass is 32.2. The molecule has 0 aromatic rings. The van der Waals surface area contributed by atoms with Crippen molar-refractivity contribution in [3.63, 3.8) is 0 Å². The van der Waals surface area contributed by atoms with E-state index in [1.807, 2.05) is 6.92 Å². The van der Waals surface area contributed by atoms with Crippen LogP contribution in [-0.2, 0) is 14.6 Å². The Morgan fingerprint density at radius 3 is 2.67 bits per heavy atom. The zero-order valence-corrected chi connectivity index (χ0v) is 11.5. The molecule has 0 saturated carbocycles. The van der Waals surface area contributed by atoms with E-state index in [1.165, 1.54) is 4.90 Å². The topological polar surface area (TPSA) is 101 Å². The maximum atomic E-state index is 12.1. The Balaban J connectivity index is 2.73. The first-order valence-corrected chi connectivity index (χ1v) is 8.10. The fourth-order valence-corrected chi connectivity index (χ4v) is 3.98. The summed E-state index contributed by atoms with van der Waals surface area (Å²) in [6, 6.07) is -0.942. The van der Waals surface area contributed by atoms with Crippen LogP contribution < -0.4 is 5.73 Å². The van der Waals surface area contributed by atoms with Crippen LogP contribution in [0.15, 0.2) is 0 Å². The van der Waals surface area contributed by atoms with Gasteiger partial charge >= 0.3 is 0 Å². The third-order valence-electron chi connectivity index (χ3n) is 3.19. The summed E-state index contributed by atoms with van der Waals surface area (Å²) in [5.74, 6) is -0.166. The van der Waals surface area contributed by atoms with Gasteiger partial charge in [-0.05, 0) is 12.8 Å². The maximum Gasteiger partial charge on any atom is 0.239 e. The Bertz CT molecular complexity index is 383. The predicted molar refractivity (Wildman–Crippen MR) is 68.7 cm³/mol.